The zero-order chi connectivity index (χ0) is 46.0. The molecule has 2 heterocycles. The van der Waals surface area contributed by atoms with Crippen molar-refractivity contribution in [3.8, 4) is 5.75 Å². The van der Waals surface area contributed by atoms with Crippen molar-refractivity contribution in [2.45, 2.75) is 57.5 Å². The number of rotatable bonds is 13. The standard InChI is InChI=1S/C55H54BClN2O6Si/c1-55(2,3)66(45-20-12-6-13-21-45,46-22-14-7-15-23-46)64-36-40-33-47-52(54(62)59(53(47)61)43-28-26-42(27-29-43)58-41-18-10-5-11-19-41)48-35-56(63)65-50(51(40)48)31-25-38(37-16-8-4-9-17-37)32-39-24-30-44(60)34-49(39)57/h4-24,26-30,32,34,47-48,50,52,58,60,63H,25,31,33,35-36H2,1-3H3/b38-32-/t47-,48+,50-,52-/m1/s1. The molecule has 0 bridgehead atoms. The van der Waals surface area contributed by atoms with E-state index in [2.05, 4.69) is 86.8 Å². The summed E-state index contributed by atoms with van der Waals surface area (Å²) in [4.78, 5) is 31.1. The van der Waals surface area contributed by atoms with Crippen molar-refractivity contribution < 1.29 is 28.8 Å². The van der Waals surface area contributed by atoms with Gasteiger partial charge in [0.25, 0.3) is 8.32 Å². The average molecular weight is 913 g/mol. The number of halogens is 1. The van der Waals surface area contributed by atoms with Crippen molar-refractivity contribution in [3.05, 3.63) is 191 Å². The van der Waals surface area contributed by atoms with Crippen molar-refractivity contribution in [3.63, 3.8) is 0 Å². The molecule has 9 rings (SSSR count). The van der Waals surface area contributed by atoms with Crippen molar-refractivity contribution in [1.29, 1.82) is 0 Å². The number of carbonyl (C=O) groups is 2. The van der Waals surface area contributed by atoms with E-state index in [0.29, 0.717) is 30.0 Å². The van der Waals surface area contributed by atoms with Crippen LogP contribution in [0.5, 0.6) is 5.75 Å². The molecule has 0 saturated carbocycles. The van der Waals surface area contributed by atoms with E-state index in [1.54, 1.807) is 12.1 Å². The number of aromatic hydroxyl groups is 1. The minimum atomic E-state index is -3.05. The second kappa shape index (κ2) is 19.1. The molecule has 0 spiro atoms. The van der Waals surface area contributed by atoms with E-state index >= 15 is 0 Å². The minimum Gasteiger partial charge on any atom is -0.508 e. The van der Waals surface area contributed by atoms with Gasteiger partial charge in [-0.3, -0.25) is 14.5 Å². The van der Waals surface area contributed by atoms with Gasteiger partial charge in [-0.25, -0.2) is 0 Å². The van der Waals surface area contributed by atoms with Gasteiger partial charge < -0.3 is 24.5 Å². The number of phenols is 1. The molecule has 8 nitrogen and oxygen atoms in total. The van der Waals surface area contributed by atoms with Crippen molar-refractivity contribution in [1.82, 2.24) is 0 Å². The van der Waals surface area contributed by atoms with E-state index in [0.717, 1.165) is 49.6 Å². The quantitative estimate of drug-likeness (QED) is 0.0458. The topological polar surface area (TPSA) is 108 Å². The predicted molar refractivity (Wildman–Crippen MR) is 269 cm³/mol. The highest BCUT2D eigenvalue weighted by atomic mass is 35.5. The lowest BCUT2D eigenvalue weighted by Crippen LogP contribution is -2.66. The lowest BCUT2D eigenvalue weighted by atomic mass is 9.58. The van der Waals surface area contributed by atoms with E-state index in [-0.39, 0.29) is 35.5 Å². The number of fused-ring (bicyclic) bond motifs is 3. The third kappa shape index (κ3) is 8.96. The molecule has 4 atom stereocenters. The molecule has 0 unspecified atom stereocenters. The van der Waals surface area contributed by atoms with Crippen LogP contribution in [-0.4, -0.2) is 50.1 Å². The summed E-state index contributed by atoms with van der Waals surface area (Å²) < 4.78 is 14.2. The van der Waals surface area contributed by atoms with Crippen LogP contribution in [0.25, 0.3) is 11.6 Å². The summed E-state index contributed by atoms with van der Waals surface area (Å²) in [7, 11) is -4.21. The molecule has 11 heteroatoms. The molecule has 6 aromatic rings. The first-order chi connectivity index (χ1) is 31.9. The fourth-order valence-electron chi connectivity index (χ4n) is 10.5. The molecule has 334 valence electrons. The first-order valence-electron chi connectivity index (χ1n) is 22.8. The van der Waals surface area contributed by atoms with E-state index in [4.69, 9.17) is 20.7 Å². The van der Waals surface area contributed by atoms with Crippen LogP contribution in [0.15, 0.2) is 175 Å². The number of para-hydroxylation sites is 1. The molecule has 2 fully saturated rings. The van der Waals surface area contributed by atoms with Gasteiger partial charge in [0.1, 0.15) is 5.75 Å². The molecule has 2 amide bonds. The number of phenolic OH excluding ortho intramolecular Hbond substituents is 1. The lowest BCUT2D eigenvalue weighted by molar-refractivity contribution is -0.122. The molecule has 1 aliphatic carbocycles. The van der Waals surface area contributed by atoms with E-state index in [9.17, 15) is 19.7 Å². The second-order valence-corrected chi connectivity index (χ2v) is 23.3. The maximum atomic E-state index is 14.9. The van der Waals surface area contributed by atoms with Gasteiger partial charge in [0.05, 0.1) is 35.3 Å². The van der Waals surface area contributed by atoms with Gasteiger partial charge in [0.2, 0.25) is 11.8 Å². The minimum absolute atomic E-state index is 0.0833. The Balaban J connectivity index is 1.11. The Hall–Kier alpha value is -6.01. The van der Waals surface area contributed by atoms with Gasteiger partial charge in [-0.05, 0) is 135 Å². The summed E-state index contributed by atoms with van der Waals surface area (Å²) in [5.74, 6) is -2.22. The second-order valence-electron chi connectivity index (χ2n) is 18.6. The van der Waals surface area contributed by atoms with Crippen molar-refractivity contribution >= 4 is 77.9 Å². The maximum absolute atomic E-state index is 14.9. The molecule has 0 aromatic heterocycles. The number of benzene rings is 6. The van der Waals surface area contributed by atoms with Gasteiger partial charge in [-0.15, -0.1) is 0 Å². The van der Waals surface area contributed by atoms with Crippen LogP contribution in [0.2, 0.25) is 16.4 Å². The molecule has 3 N–H and O–H groups in total. The molecule has 2 aliphatic heterocycles. The highest BCUT2D eigenvalue weighted by Gasteiger charge is 2.58. The number of amides is 2. The smallest absolute Gasteiger partial charge is 0.455 e. The number of imide groups is 1. The van der Waals surface area contributed by atoms with Crippen LogP contribution in [0.1, 0.15) is 51.2 Å². The first-order valence-corrected chi connectivity index (χ1v) is 25.0. The molecule has 6 aromatic carbocycles. The fraction of sp³-hybridized carbons (Fsp3) is 0.236. The van der Waals surface area contributed by atoms with E-state index < -0.39 is 39.3 Å². The van der Waals surface area contributed by atoms with E-state index in [1.807, 2.05) is 91.0 Å². The van der Waals surface area contributed by atoms with Crippen molar-refractivity contribution in [2.75, 3.05) is 16.8 Å². The maximum Gasteiger partial charge on any atom is 0.455 e. The zero-order valence-electron chi connectivity index (χ0n) is 37.4. The Morgan fingerprint density at radius 3 is 2.00 bits per heavy atom. The molecule has 3 aliphatic rings. The van der Waals surface area contributed by atoms with Crippen LogP contribution in [0, 0.1) is 17.8 Å². The highest BCUT2D eigenvalue weighted by Crippen LogP contribution is 2.52. The SMILES string of the molecule is CC(C)(C)[Si](OCC1=C2[C@@H](CC/C(=C/c3ccc(O)cc3Cl)c3ccccc3)OB(O)C[C@@H]2[C@@H]2C(=O)N(c3ccc(Nc4ccccc4)cc3)C(=O)[C@@H]2C1)(c1ccccc1)c1ccccc1. The van der Waals surface area contributed by atoms with Crippen molar-refractivity contribution in [2.24, 2.45) is 17.8 Å². The van der Waals surface area contributed by atoms with Gasteiger partial charge >= 0.3 is 7.12 Å². The number of nitrogens with zero attached hydrogens (tertiary/aromatic N) is 1. The van der Waals surface area contributed by atoms with Crippen LogP contribution in [0.3, 0.4) is 0 Å². The molecule has 66 heavy (non-hydrogen) atoms. The molecular weight excluding hydrogens is 859 g/mol. The Bertz CT molecular complexity index is 2710. The highest BCUT2D eigenvalue weighted by molar-refractivity contribution is 6.99. The van der Waals surface area contributed by atoms with Crippen LogP contribution in [-0.2, 0) is 18.7 Å². The monoisotopic (exact) mass is 912 g/mol. The summed E-state index contributed by atoms with van der Waals surface area (Å²) in [6, 6.07) is 53.2. The van der Waals surface area contributed by atoms with Crippen LogP contribution >= 0.6 is 11.6 Å². The fourth-order valence-corrected chi connectivity index (χ4v) is 15.3. The summed E-state index contributed by atoms with van der Waals surface area (Å²) in [5, 5.41) is 27.5. The average Bonchev–Trinajstić information content (AvgIpc) is 3.57. The van der Waals surface area contributed by atoms with Crippen LogP contribution in [0.4, 0.5) is 17.1 Å². The summed E-state index contributed by atoms with van der Waals surface area (Å²) in [5.41, 5.74) is 6.92. The lowest BCUT2D eigenvalue weighted by Gasteiger charge is -2.46. The first kappa shape index (κ1) is 45.2. The van der Waals surface area contributed by atoms with Gasteiger partial charge in [-0.1, -0.05) is 142 Å². The Labute approximate surface area is 393 Å². The third-order valence-corrected chi connectivity index (χ3v) is 18.8. The largest absolute Gasteiger partial charge is 0.508 e. The summed E-state index contributed by atoms with van der Waals surface area (Å²) in [6.07, 6.45) is 2.95. The third-order valence-electron chi connectivity index (χ3n) is 13.5. The zero-order valence-corrected chi connectivity index (χ0v) is 39.2. The van der Waals surface area contributed by atoms with Gasteiger partial charge in [0.15, 0.2) is 0 Å². The Morgan fingerprint density at radius 2 is 1.39 bits per heavy atom. The van der Waals surface area contributed by atoms with Crippen LogP contribution < -0.4 is 20.6 Å². The Morgan fingerprint density at radius 1 is 0.803 bits per heavy atom. The predicted octanol–water partition coefficient (Wildman–Crippen LogP) is 10.7. The molecular formula is C55H54BClN2O6Si. The summed E-state index contributed by atoms with van der Waals surface area (Å²) in [6.45, 7) is 6.96. The Kier molecular flexibility index (Phi) is 13.1. The molecule has 0 radical (unpaired) electrons. The normalized spacial score (nSPS) is 20.0. The number of nitrogens with one attached hydrogen (secondary N) is 1. The number of carbonyl (C=O) groups excluding carboxylic acids is 2. The van der Waals surface area contributed by atoms with Gasteiger partial charge in [-0.2, -0.15) is 0 Å². The number of anilines is 3. The number of allylic oxidation sites excluding steroid dienone is 1. The molecule has 2 saturated heterocycles. The van der Waals surface area contributed by atoms with E-state index in [1.165, 1.54) is 11.0 Å². The summed E-state index contributed by atoms with van der Waals surface area (Å²) >= 11 is 6.66. The van der Waals surface area contributed by atoms with Gasteiger partial charge in [0, 0.05) is 11.4 Å². The number of hydrogen-bond acceptors (Lipinski definition) is 7. The number of hydrogen-bond donors (Lipinski definition) is 3.